The molecule has 4 heteroatoms. The van der Waals surface area contributed by atoms with Crippen LogP contribution in [0.25, 0.3) is 0 Å². The van der Waals surface area contributed by atoms with Crippen molar-refractivity contribution < 1.29 is 9.53 Å². The lowest BCUT2D eigenvalue weighted by Gasteiger charge is -1.99. The number of halogens is 2. The van der Waals surface area contributed by atoms with Crippen molar-refractivity contribution in [1.29, 1.82) is 0 Å². The molecule has 0 aliphatic carbocycles. The van der Waals surface area contributed by atoms with Gasteiger partial charge in [0.15, 0.2) is 0 Å². The predicted octanol–water partition coefficient (Wildman–Crippen LogP) is 1.16. The fraction of sp³-hybridized carbons (Fsp3) is 0.750. The minimum atomic E-state index is -0.367. The first-order valence-electron chi connectivity index (χ1n) is 2.00. The van der Waals surface area contributed by atoms with Crippen LogP contribution in [0.4, 0.5) is 0 Å². The lowest BCUT2D eigenvalue weighted by molar-refractivity contribution is -0.139. The Morgan fingerprint density at radius 1 is 2.00 bits per heavy atom. The van der Waals surface area contributed by atoms with Gasteiger partial charge in [-0.15, -0.1) is 11.6 Å². The van der Waals surface area contributed by atoms with Gasteiger partial charge in [0.1, 0.15) is 4.83 Å². The number of rotatable bonds is 2. The van der Waals surface area contributed by atoms with E-state index in [1.54, 1.807) is 0 Å². The maximum atomic E-state index is 10.4. The van der Waals surface area contributed by atoms with Gasteiger partial charge in [-0.2, -0.15) is 0 Å². The van der Waals surface area contributed by atoms with Crippen LogP contribution in [-0.4, -0.2) is 23.8 Å². The zero-order valence-electron chi connectivity index (χ0n) is 4.36. The predicted molar refractivity (Wildman–Crippen MR) is 35.5 cm³/mol. The van der Waals surface area contributed by atoms with Crippen molar-refractivity contribution in [2.24, 2.45) is 0 Å². The minimum absolute atomic E-state index is 0.243. The first-order chi connectivity index (χ1) is 3.72. The number of hydrogen-bond acceptors (Lipinski definition) is 2. The number of alkyl halides is 2. The second-order valence-electron chi connectivity index (χ2n) is 1.14. The average Bonchev–Trinajstić information content (AvgIpc) is 1.84. The zero-order chi connectivity index (χ0) is 6.57. The molecule has 1 atom stereocenters. The van der Waals surface area contributed by atoms with E-state index in [4.69, 9.17) is 11.6 Å². The molecule has 0 aromatic carbocycles. The molecule has 1 unspecified atom stereocenters. The molecule has 48 valence electrons. The van der Waals surface area contributed by atoms with Gasteiger partial charge in [-0.05, 0) is 0 Å². The summed E-state index contributed by atoms with van der Waals surface area (Å²) in [4.78, 5) is 10.0. The summed E-state index contributed by atoms with van der Waals surface area (Å²) in [6, 6.07) is 0. The summed E-state index contributed by atoms with van der Waals surface area (Å²) < 4.78 is 4.33. The summed E-state index contributed by atoms with van der Waals surface area (Å²) in [5.41, 5.74) is 0. The molecule has 0 aromatic heterocycles. The highest BCUT2D eigenvalue weighted by Gasteiger charge is 2.11. The van der Waals surface area contributed by atoms with Gasteiger partial charge in [0.05, 0.1) is 7.11 Å². The Morgan fingerprint density at radius 3 is 2.62 bits per heavy atom. The molecule has 0 radical (unpaired) electrons. The Balaban J connectivity index is 3.46. The Bertz CT molecular complexity index is 86.1. The summed E-state index contributed by atoms with van der Waals surface area (Å²) in [7, 11) is 1.32. The molecule has 8 heavy (non-hydrogen) atoms. The van der Waals surface area contributed by atoms with Crippen molar-refractivity contribution in [3.63, 3.8) is 0 Å². The van der Waals surface area contributed by atoms with Gasteiger partial charge in [-0.25, -0.2) is 0 Å². The quantitative estimate of drug-likeness (QED) is 0.495. The van der Waals surface area contributed by atoms with Crippen molar-refractivity contribution in [2.75, 3.05) is 13.0 Å². The Labute approximate surface area is 61.3 Å². The lowest BCUT2D eigenvalue weighted by atomic mass is 10.5. The second kappa shape index (κ2) is 4.15. The van der Waals surface area contributed by atoms with E-state index >= 15 is 0 Å². The van der Waals surface area contributed by atoms with Gasteiger partial charge in [0.2, 0.25) is 0 Å². The van der Waals surface area contributed by atoms with E-state index in [9.17, 15) is 4.79 Å². The zero-order valence-corrected chi connectivity index (χ0v) is 6.70. The van der Waals surface area contributed by atoms with Crippen LogP contribution >= 0.6 is 27.5 Å². The molecule has 0 aliphatic rings. The van der Waals surface area contributed by atoms with Crippen LogP contribution < -0.4 is 0 Å². The first-order valence-corrected chi connectivity index (χ1v) is 3.45. The topological polar surface area (TPSA) is 26.3 Å². The Kier molecular flexibility index (Phi) is 4.28. The molecular formula is C4H6BrClO2. The molecule has 0 fully saturated rings. The van der Waals surface area contributed by atoms with Gasteiger partial charge in [0.25, 0.3) is 0 Å². The maximum absolute atomic E-state index is 10.4. The molecule has 0 saturated carbocycles. The van der Waals surface area contributed by atoms with Gasteiger partial charge in [-0.1, -0.05) is 15.9 Å². The SMILES string of the molecule is COC(=O)C(Br)CCl. The average molecular weight is 201 g/mol. The van der Waals surface area contributed by atoms with E-state index in [0.717, 1.165) is 0 Å². The smallest absolute Gasteiger partial charge is 0.320 e. The second-order valence-corrected chi connectivity index (χ2v) is 2.56. The van der Waals surface area contributed by atoms with E-state index in [-0.39, 0.29) is 16.7 Å². The molecule has 2 nitrogen and oxygen atoms in total. The summed E-state index contributed by atoms with van der Waals surface area (Å²) in [6.07, 6.45) is 0. The highest BCUT2D eigenvalue weighted by atomic mass is 79.9. The molecule has 0 spiro atoms. The minimum Gasteiger partial charge on any atom is -0.468 e. The maximum Gasteiger partial charge on any atom is 0.320 e. The van der Waals surface area contributed by atoms with Gasteiger partial charge < -0.3 is 4.74 Å². The number of ether oxygens (including phenoxy) is 1. The third-order valence-electron chi connectivity index (χ3n) is 0.592. The molecule has 0 saturated heterocycles. The molecule has 0 aromatic rings. The number of carbonyl (C=O) groups is 1. The highest BCUT2D eigenvalue weighted by Crippen LogP contribution is 2.02. The molecule has 0 aliphatic heterocycles. The molecule has 0 N–H and O–H groups in total. The van der Waals surface area contributed by atoms with E-state index in [1.807, 2.05) is 0 Å². The van der Waals surface area contributed by atoms with Crippen molar-refractivity contribution in [3.05, 3.63) is 0 Å². The molecule has 0 amide bonds. The molecule has 0 rings (SSSR count). The lowest BCUT2D eigenvalue weighted by Crippen LogP contribution is -2.16. The van der Waals surface area contributed by atoms with E-state index < -0.39 is 0 Å². The van der Waals surface area contributed by atoms with Crippen LogP contribution in [0, 0.1) is 0 Å². The van der Waals surface area contributed by atoms with Crippen molar-refractivity contribution in [1.82, 2.24) is 0 Å². The molecular weight excluding hydrogens is 195 g/mol. The van der Waals surface area contributed by atoms with Gasteiger partial charge >= 0.3 is 5.97 Å². The van der Waals surface area contributed by atoms with E-state index in [0.29, 0.717) is 0 Å². The van der Waals surface area contributed by atoms with E-state index in [2.05, 4.69) is 20.7 Å². The Hall–Kier alpha value is 0.240. The van der Waals surface area contributed by atoms with Crippen LogP contribution in [-0.2, 0) is 9.53 Å². The number of carbonyl (C=O) groups excluding carboxylic acids is 1. The van der Waals surface area contributed by atoms with Crippen LogP contribution in [0.2, 0.25) is 0 Å². The fourth-order valence-electron chi connectivity index (χ4n) is 0.191. The number of methoxy groups -OCH3 is 1. The standard InChI is InChI=1S/C4H6BrClO2/c1-8-4(7)3(5)2-6/h3H,2H2,1H3. The van der Waals surface area contributed by atoms with Crippen molar-refractivity contribution in [2.45, 2.75) is 4.83 Å². The van der Waals surface area contributed by atoms with Gasteiger partial charge in [0, 0.05) is 5.88 Å². The third kappa shape index (κ3) is 2.52. The monoisotopic (exact) mass is 200 g/mol. The fourth-order valence-corrected chi connectivity index (χ4v) is 0.504. The van der Waals surface area contributed by atoms with Crippen molar-refractivity contribution in [3.8, 4) is 0 Å². The number of esters is 1. The molecule has 0 heterocycles. The first kappa shape index (κ1) is 8.24. The third-order valence-corrected chi connectivity index (χ3v) is 1.97. The van der Waals surface area contributed by atoms with Crippen LogP contribution in [0.5, 0.6) is 0 Å². The summed E-state index contributed by atoms with van der Waals surface area (Å²) >= 11 is 8.27. The summed E-state index contributed by atoms with van der Waals surface area (Å²) in [5, 5.41) is 0. The highest BCUT2D eigenvalue weighted by molar-refractivity contribution is 9.10. The van der Waals surface area contributed by atoms with Crippen LogP contribution in [0.3, 0.4) is 0 Å². The van der Waals surface area contributed by atoms with Crippen LogP contribution in [0.1, 0.15) is 0 Å². The normalized spacial score (nSPS) is 12.9. The Morgan fingerprint density at radius 2 is 2.50 bits per heavy atom. The molecule has 0 bridgehead atoms. The summed E-state index contributed by atoms with van der Waals surface area (Å²) in [5.74, 6) is -0.0906. The number of hydrogen-bond donors (Lipinski definition) is 0. The van der Waals surface area contributed by atoms with E-state index in [1.165, 1.54) is 7.11 Å². The summed E-state index contributed by atoms with van der Waals surface area (Å²) in [6.45, 7) is 0. The van der Waals surface area contributed by atoms with Crippen LogP contribution in [0.15, 0.2) is 0 Å². The largest absolute Gasteiger partial charge is 0.468 e. The van der Waals surface area contributed by atoms with Gasteiger partial charge in [-0.3, -0.25) is 4.79 Å². The van der Waals surface area contributed by atoms with Crippen molar-refractivity contribution >= 4 is 33.5 Å².